The van der Waals surface area contributed by atoms with Crippen LogP contribution < -0.4 is 19.3 Å². The van der Waals surface area contributed by atoms with Gasteiger partial charge >= 0.3 is 0 Å². The third-order valence-electron chi connectivity index (χ3n) is 5.18. The van der Waals surface area contributed by atoms with Gasteiger partial charge in [0.1, 0.15) is 28.1 Å². The molecule has 31 heavy (non-hydrogen) atoms. The zero-order chi connectivity index (χ0) is 22.1. The van der Waals surface area contributed by atoms with E-state index in [1.807, 2.05) is 66.8 Å². The SMILES string of the molecule is COc1ccc(OC)c(-c2csc(C3=C(O)CN(c4ccc(N(C)C)cc4)C3=N)n2)c1. The van der Waals surface area contributed by atoms with Crippen molar-refractivity contribution in [2.24, 2.45) is 0 Å². The first-order valence-corrected chi connectivity index (χ1v) is 10.5. The second kappa shape index (κ2) is 8.31. The molecule has 1 aromatic heterocycles. The molecule has 2 N–H and O–H groups in total. The summed E-state index contributed by atoms with van der Waals surface area (Å²) in [7, 11) is 7.19. The minimum absolute atomic E-state index is 0.139. The van der Waals surface area contributed by atoms with Gasteiger partial charge in [-0.3, -0.25) is 5.41 Å². The lowest BCUT2D eigenvalue weighted by Crippen LogP contribution is -2.26. The maximum absolute atomic E-state index is 10.7. The van der Waals surface area contributed by atoms with Gasteiger partial charge in [0.05, 0.1) is 32.0 Å². The molecule has 2 heterocycles. The molecule has 0 radical (unpaired) electrons. The quantitative estimate of drug-likeness (QED) is 0.585. The Labute approximate surface area is 185 Å². The van der Waals surface area contributed by atoms with E-state index >= 15 is 0 Å². The molecule has 0 spiro atoms. The number of anilines is 2. The largest absolute Gasteiger partial charge is 0.510 e. The zero-order valence-electron chi connectivity index (χ0n) is 17.8. The monoisotopic (exact) mass is 436 g/mol. The molecule has 0 aliphatic carbocycles. The molecule has 0 fully saturated rings. The standard InChI is InChI=1S/C23H24N4O3S/c1-26(2)14-5-7-15(8-6-14)27-12-19(28)21(22(27)24)23-25-18(13-31-23)17-11-16(29-3)9-10-20(17)30-4/h5-11,13,24,28H,12H2,1-4H3. The first kappa shape index (κ1) is 20.7. The van der Waals surface area contributed by atoms with Gasteiger partial charge in [0, 0.05) is 36.4 Å². The second-order valence-electron chi connectivity index (χ2n) is 7.27. The molecule has 0 unspecified atom stereocenters. The Kier molecular flexibility index (Phi) is 5.56. The Morgan fingerprint density at radius 1 is 1.10 bits per heavy atom. The lowest BCUT2D eigenvalue weighted by atomic mass is 10.1. The third-order valence-corrected chi connectivity index (χ3v) is 6.04. The summed E-state index contributed by atoms with van der Waals surface area (Å²) in [6, 6.07) is 13.4. The van der Waals surface area contributed by atoms with Crippen LogP contribution in [-0.2, 0) is 0 Å². The Morgan fingerprint density at radius 2 is 1.84 bits per heavy atom. The van der Waals surface area contributed by atoms with Gasteiger partial charge in [-0.05, 0) is 42.5 Å². The van der Waals surface area contributed by atoms with Crippen molar-refractivity contribution < 1.29 is 14.6 Å². The molecule has 0 bridgehead atoms. The van der Waals surface area contributed by atoms with Crippen LogP contribution in [0.3, 0.4) is 0 Å². The summed E-state index contributed by atoms with van der Waals surface area (Å²) in [6.07, 6.45) is 0. The number of ether oxygens (including phenoxy) is 2. The van der Waals surface area contributed by atoms with Crippen molar-refractivity contribution >= 4 is 34.1 Å². The van der Waals surface area contributed by atoms with Gasteiger partial charge in [0.2, 0.25) is 0 Å². The number of methoxy groups -OCH3 is 2. The highest BCUT2D eigenvalue weighted by atomic mass is 32.1. The number of nitrogens with one attached hydrogen (secondary N) is 1. The summed E-state index contributed by atoms with van der Waals surface area (Å²) in [5.74, 6) is 1.75. The normalized spacial score (nSPS) is 13.7. The number of rotatable bonds is 6. The maximum Gasteiger partial charge on any atom is 0.139 e. The van der Waals surface area contributed by atoms with Crippen LogP contribution in [0.25, 0.3) is 16.8 Å². The van der Waals surface area contributed by atoms with Gasteiger partial charge in [0.25, 0.3) is 0 Å². The minimum atomic E-state index is 0.139. The molecule has 1 aliphatic heterocycles. The fourth-order valence-electron chi connectivity index (χ4n) is 3.48. The molecule has 1 aliphatic rings. The van der Waals surface area contributed by atoms with Gasteiger partial charge in [-0.1, -0.05) is 0 Å². The molecule has 7 nitrogen and oxygen atoms in total. The number of nitrogens with zero attached hydrogens (tertiary/aromatic N) is 3. The van der Waals surface area contributed by atoms with Crippen molar-refractivity contribution in [3.63, 3.8) is 0 Å². The number of aliphatic hydroxyl groups is 1. The van der Waals surface area contributed by atoms with E-state index in [1.165, 1.54) is 11.3 Å². The molecule has 160 valence electrons. The van der Waals surface area contributed by atoms with Gasteiger partial charge in [-0.2, -0.15) is 0 Å². The number of thiazole rings is 1. The van der Waals surface area contributed by atoms with Crippen molar-refractivity contribution in [2.45, 2.75) is 0 Å². The van der Waals surface area contributed by atoms with Crippen molar-refractivity contribution in [3.05, 3.63) is 58.6 Å². The van der Waals surface area contributed by atoms with Crippen molar-refractivity contribution in [2.75, 3.05) is 44.7 Å². The second-order valence-corrected chi connectivity index (χ2v) is 8.13. The average Bonchev–Trinajstić information content (AvgIpc) is 3.37. The minimum Gasteiger partial charge on any atom is -0.510 e. The number of hydrogen-bond donors (Lipinski definition) is 2. The highest BCUT2D eigenvalue weighted by Crippen LogP contribution is 2.38. The number of aromatic nitrogens is 1. The van der Waals surface area contributed by atoms with E-state index in [2.05, 4.69) is 0 Å². The topological polar surface area (TPSA) is 81.9 Å². The van der Waals surface area contributed by atoms with Crippen LogP contribution in [0.5, 0.6) is 11.5 Å². The summed E-state index contributed by atoms with van der Waals surface area (Å²) in [4.78, 5) is 8.50. The van der Waals surface area contributed by atoms with Crippen LogP contribution in [0.1, 0.15) is 5.01 Å². The van der Waals surface area contributed by atoms with E-state index in [1.54, 1.807) is 19.1 Å². The summed E-state index contributed by atoms with van der Waals surface area (Å²) >= 11 is 1.39. The number of amidine groups is 1. The molecule has 0 amide bonds. The van der Waals surface area contributed by atoms with Gasteiger partial charge in [-0.25, -0.2) is 4.98 Å². The first-order chi connectivity index (χ1) is 14.9. The Morgan fingerprint density at radius 3 is 2.48 bits per heavy atom. The van der Waals surface area contributed by atoms with Crippen LogP contribution in [0, 0.1) is 5.41 Å². The summed E-state index contributed by atoms with van der Waals surface area (Å²) < 4.78 is 10.8. The van der Waals surface area contributed by atoms with E-state index in [9.17, 15) is 5.11 Å². The van der Waals surface area contributed by atoms with Crippen molar-refractivity contribution in [1.29, 1.82) is 5.41 Å². The Balaban J connectivity index is 1.63. The molecule has 8 heteroatoms. The molecular formula is C23H24N4O3S. The van der Waals surface area contributed by atoms with E-state index in [4.69, 9.17) is 19.9 Å². The van der Waals surface area contributed by atoms with Crippen LogP contribution >= 0.6 is 11.3 Å². The first-order valence-electron chi connectivity index (χ1n) is 9.67. The van der Waals surface area contributed by atoms with Crippen LogP contribution in [0.2, 0.25) is 0 Å². The number of hydrogen-bond acceptors (Lipinski definition) is 7. The fraction of sp³-hybridized carbons (Fsp3) is 0.217. The highest BCUT2D eigenvalue weighted by Gasteiger charge is 2.31. The van der Waals surface area contributed by atoms with E-state index in [0.29, 0.717) is 27.8 Å². The predicted octanol–water partition coefficient (Wildman–Crippen LogP) is 4.66. The van der Waals surface area contributed by atoms with Crippen molar-refractivity contribution in [1.82, 2.24) is 4.98 Å². The lowest BCUT2D eigenvalue weighted by molar-refractivity contribution is 0.404. The van der Waals surface area contributed by atoms with Crippen LogP contribution in [0.4, 0.5) is 11.4 Å². The molecule has 4 rings (SSSR count). The third kappa shape index (κ3) is 3.82. The van der Waals surface area contributed by atoms with Gasteiger partial charge in [0.15, 0.2) is 0 Å². The lowest BCUT2D eigenvalue weighted by Gasteiger charge is -2.20. The van der Waals surface area contributed by atoms with Crippen LogP contribution in [-0.4, -0.2) is 50.8 Å². The van der Waals surface area contributed by atoms with Gasteiger partial charge in [-0.15, -0.1) is 11.3 Å². The molecule has 2 aromatic carbocycles. The van der Waals surface area contributed by atoms with E-state index in [-0.39, 0.29) is 18.1 Å². The maximum atomic E-state index is 10.7. The van der Waals surface area contributed by atoms with E-state index < -0.39 is 0 Å². The predicted molar refractivity (Wildman–Crippen MR) is 126 cm³/mol. The number of benzene rings is 2. The molecule has 3 aromatic rings. The molecule has 0 saturated carbocycles. The average molecular weight is 437 g/mol. The molecule has 0 saturated heterocycles. The summed E-state index contributed by atoms with van der Waals surface area (Å²) in [5, 5.41) is 21.8. The summed E-state index contributed by atoms with van der Waals surface area (Å²) in [5.41, 5.74) is 3.88. The van der Waals surface area contributed by atoms with Crippen molar-refractivity contribution in [3.8, 4) is 22.8 Å². The number of aliphatic hydroxyl groups excluding tert-OH is 1. The molecular weight excluding hydrogens is 412 g/mol. The summed E-state index contributed by atoms with van der Waals surface area (Å²) in [6.45, 7) is 0.243. The van der Waals surface area contributed by atoms with Gasteiger partial charge < -0.3 is 24.4 Å². The molecule has 0 atom stereocenters. The Bertz CT molecular complexity index is 1150. The zero-order valence-corrected chi connectivity index (χ0v) is 18.7. The highest BCUT2D eigenvalue weighted by molar-refractivity contribution is 7.11. The van der Waals surface area contributed by atoms with Crippen LogP contribution in [0.15, 0.2) is 53.6 Å². The smallest absolute Gasteiger partial charge is 0.139 e. The Hall–Kier alpha value is -3.52. The fourth-order valence-corrected chi connectivity index (χ4v) is 4.37. The van der Waals surface area contributed by atoms with E-state index in [0.717, 1.165) is 16.9 Å².